The van der Waals surface area contributed by atoms with Gasteiger partial charge in [-0.1, -0.05) is 11.6 Å². The van der Waals surface area contributed by atoms with E-state index in [2.05, 4.69) is 20.5 Å². The first kappa shape index (κ1) is 13.0. The van der Waals surface area contributed by atoms with Gasteiger partial charge in [0.2, 0.25) is 0 Å². The fraction of sp³-hybridized carbons (Fsp3) is 0.417. The quantitative estimate of drug-likeness (QED) is 0.903. The van der Waals surface area contributed by atoms with Gasteiger partial charge in [0, 0.05) is 18.0 Å². The minimum Gasteiger partial charge on any atom is -0.481 e. The van der Waals surface area contributed by atoms with Crippen LogP contribution in [0.3, 0.4) is 0 Å². The van der Waals surface area contributed by atoms with E-state index in [0.29, 0.717) is 22.3 Å². The van der Waals surface area contributed by atoms with Gasteiger partial charge < -0.3 is 5.11 Å². The summed E-state index contributed by atoms with van der Waals surface area (Å²) in [5, 5.41) is 21.1. The van der Waals surface area contributed by atoms with Crippen molar-refractivity contribution in [2.75, 3.05) is 0 Å². The maximum Gasteiger partial charge on any atom is 0.305 e. The zero-order chi connectivity index (χ0) is 14.1. The third-order valence-electron chi connectivity index (χ3n) is 3.37. The standard InChI is InChI=1S/C12H12ClN5O2/c13-9-6-14-4-3-8(9)12-15-16-17-18(12)10(5-11(19)20)7-1-2-7/h3-4,6-7,10H,1-2,5H2,(H,19,20). The summed E-state index contributed by atoms with van der Waals surface area (Å²) < 4.78 is 1.58. The summed E-state index contributed by atoms with van der Waals surface area (Å²) in [5.41, 5.74) is 0.655. The molecule has 0 aromatic carbocycles. The molecule has 8 heteroatoms. The lowest BCUT2D eigenvalue weighted by atomic mass is 10.1. The van der Waals surface area contributed by atoms with Gasteiger partial charge in [-0.15, -0.1) is 5.10 Å². The van der Waals surface area contributed by atoms with Crippen molar-refractivity contribution in [1.82, 2.24) is 25.2 Å². The van der Waals surface area contributed by atoms with Gasteiger partial charge in [0.25, 0.3) is 0 Å². The SMILES string of the molecule is O=C(O)CC(C1CC1)n1nnnc1-c1ccncc1Cl. The van der Waals surface area contributed by atoms with E-state index in [1.807, 2.05) is 0 Å². The largest absolute Gasteiger partial charge is 0.481 e. The molecule has 0 bridgehead atoms. The van der Waals surface area contributed by atoms with Crippen molar-refractivity contribution in [3.8, 4) is 11.4 Å². The number of aromatic nitrogens is 5. The molecule has 1 fully saturated rings. The first-order chi connectivity index (χ1) is 9.66. The average Bonchev–Trinajstić information content (AvgIpc) is 3.14. The highest BCUT2D eigenvalue weighted by Gasteiger charge is 2.36. The van der Waals surface area contributed by atoms with Gasteiger partial charge in [-0.05, 0) is 35.3 Å². The molecule has 1 aliphatic rings. The minimum absolute atomic E-state index is 0.00537. The summed E-state index contributed by atoms with van der Waals surface area (Å²) in [6.45, 7) is 0. The molecule has 2 heterocycles. The van der Waals surface area contributed by atoms with E-state index in [0.717, 1.165) is 12.8 Å². The Morgan fingerprint density at radius 1 is 1.55 bits per heavy atom. The molecule has 0 spiro atoms. The summed E-state index contributed by atoms with van der Waals surface area (Å²) in [5.74, 6) is -0.0614. The summed E-state index contributed by atoms with van der Waals surface area (Å²) in [4.78, 5) is 15.0. The fourth-order valence-corrected chi connectivity index (χ4v) is 2.47. The van der Waals surface area contributed by atoms with Crippen molar-refractivity contribution in [2.24, 2.45) is 5.92 Å². The second-order valence-corrected chi connectivity index (χ2v) is 5.21. The number of tetrazole rings is 1. The van der Waals surface area contributed by atoms with Crippen molar-refractivity contribution >= 4 is 17.6 Å². The highest BCUT2D eigenvalue weighted by molar-refractivity contribution is 6.33. The third kappa shape index (κ3) is 2.49. The molecule has 20 heavy (non-hydrogen) atoms. The average molecular weight is 294 g/mol. The van der Waals surface area contributed by atoms with Gasteiger partial charge in [-0.25, -0.2) is 4.68 Å². The number of hydrogen-bond donors (Lipinski definition) is 1. The van der Waals surface area contributed by atoms with Gasteiger partial charge >= 0.3 is 5.97 Å². The van der Waals surface area contributed by atoms with Crippen molar-refractivity contribution in [3.05, 3.63) is 23.5 Å². The summed E-state index contributed by atoms with van der Waals surface area (Å²) >= 11 is 6.11. The lowest BCUT2D eigenvalue weighted by molar-refractivity contribution is -0.138. The van der Waals surface area contributed by atoms with E-state index >= 15 is 0 Å². The third-order valence-corrected chi connectivity index (χ3v) is 3.67. The normalized spacial score (nSPS) is 16.1. The summed E-state index contributed by atoms with van der Waals surface area (Å²) in [7, 11) is 0. The van der Waals surface area contributed by atoms with Gasteiger partial charge in [-0.2, -0.15) is 0 Å². The first-order valence-electron chi connectivity index (χ1n) is 6.26. The second-order valence-electron chi connectivity index (χ2n) is 4.81. The number of nitrogens with zero attached hydrogens (tertiary/aromatic N) is 5. The monoisotopic (exact) mass is 293 g/mol. The van der Waals surface area contributed by atoms with Crippen LogP contribution in [-0.4, -0.2) is 36.3 Å². The van der Waals surface area contributed by atoms with E-state index in [1.165, 1.54) is 6.20 Å². The van der Waals surface area contributed by atoms with E-state index in [4.69, 9.17) is 16.7 Å². The predicted molar refractivity (Wildman–Crippen MR) is 70.1 cm³/mol. The molecule has 0 aliphatic heterocycles. The van der Waals surface area contributed by atoms with Crippen molar-refractivity contribution in [1.29, 1.82) is 0 Å². The van der Waals surface area contributed by atoms with Crippen LogP contribution in [0.1, 0.15) is 25.3 Å². The van der Waals surface area contributed by atoms with E-state index in [-0.39, 0.29) is 12.5 Å². The molecule has 7 nitrogen and oxygen atoms in total. The lowest BCUT2D eigenvalue weighted by Crippen LogP contribution is -2.18. The summed E-state index contributed by atoms with van der Waals surface area (Å²) in [6.07, 6.45) is 5.12. The second kappa shape index (κ2) is 5.16. The number of pyridine rings is 1. The molecule has 0 saturated heterocycles. The smallest absolute Gasteiger partial charge is 0.305 e. The molecule has 0 radical (unpaired) electrons. The Kier molecular flexibility index (Phi) is 3.35. The van der Waals surface area contributed by atoms with Crippen LogP contribution in [0, 0.1) is 5.92 Å². The number of rotatable bonds is 5. The maximum atomic E-state index is 11.0. The van der Waals surface area contributed by atoms with Gasteiger partial charge in [-0.3, -0.25) is 9.78 Å². The Labute approximate surface area is 119 Å². The molecule has 1 atom stereocenters. The van der Waals surface area contributed by atoms with Gasteiger partial charge in [0.1, 0.15) is 0 Å². The van der Waals surface area contributed by atoms with E-state index in [9.17, 15) is 4.79 Å². The van der Waals surface area contributed by atoms with Crippen LogP contribution in [-0.2, 0) is 4.79 Å². The number of carboxylic acid groups (broad SMARTS) is 1. The number of halogens is 1. The van der Waals surface area contributed by atoms with Crippen LogP contribution in [0.25, 0.3) is 11.4 Å². The predicted octanol–water partition coefficient (Wildman–Crippen LogP) is 1.81. The number of aliphatic carboxylic acids is 1. The van der Waals surface area contributed by atoms with E-state index < -0.39 is 5.97 Å². The van der Waals surface area contributed by atoms with Crippen molar-refractivity contribution in [3.63, 3.8) is 0 Å². The first-order valence-corrected chi connectivity index (χ1v) is 6.64. The molecule has 1 aliphatic carbocycles. The van der Waals surface area contributed by atoms with Crippen LogP contribution < -0.4 is 0 Å². The topological polar surface area (TPSA) is 93.8 Å². The molecular formula is C12H12ClN5O2. The Morgan fingerprint density at radius 2 is 2.35 bits per heavy atom. The number of hydrogen-bond acceptors (Lipinski definition) is 5. The molecule has 104 valence electrons. The Bertz CT molecular complexity index is 640. The molecule has 0 amide bonds. The van der Waals surface area contributed by atoms with Crippen LogP contribution in [0.5, 0.6) is 0 Å². The molecular weight excluding hydrogens is 282 g/mol. The van der Waals surface area contributed by atoms with E-state index in [1.54, 1.807) is 16.9 Å². The van der Waals surface area contributed by atoms with Crippen LogP contribution in [0.2, 0.25) is 5.02 Å². The van der Waals surface area contributed by atoms with Crippen LogP contribution >= 0.6 is 11.6 Å². The zero-order valence-electron chi connectivity index (χ0n) is 10.5. The molecule has 2 aromatic heterocycles. The Hall–Kier alpha value is -2.02. The number of carboxylic acids is 1. The van der Waals surface area contributed by atoms with Gasteiger partial charge in [0.05, 0.1) is 17.5 Å². The highest BCUT2D eigenvalue weighted by atomic mass is 35.5. The van der Waals surface area contributed by atoms with Crippen LogP contribution in [0.15, 0.2) is 18.5 Å². The van der Waals surface area contributed by atoms with Crippen LogP contribution in [0.4, 0.5) is 0 Å². The highest BCUT2D eigenvalue weighted by Crippen LogP contribution is 2.42. The fourth-order valence-electron chi connectivity index (χ4n) is 2.26. The summed E-state index contributed by atoms with van der Waals surface area (Å²) in [6, 6.07) is 1.48. The maximum absolute atomic E-state index is 11.0. The molecule has 1 saturated carbocycles. The van der Waals surface area contributed by atoms with Crippen molar-refractivity contribution in [2.45, 2.75) is 25.3 Å². The molecule has 3 rings (SSSR count). The molecule has 2 aromatic rings. The molecule has 1 unspecified atom stereocenters. The number of carbonyl (C=O) groups is 1. The Morgan fingerprint density at radius 3 is 3.00 bits per heavy atom. The zero-order valence-corrected chi connectivity index (χ0v) is 11.2. The Balaban J connectivity index is 2.00. The minimum atomic E-state index is -0.857. The lowest BCUT2D eigenvalue weighted by Gasteiger charge is -2.15. The van der Waals surface area contributed by atoms with Gasteiger partial charge in [0.15, 0.2) is 5.82 Å². The van der Waals surface area contributed by atoms with Crippen molar-refractivity contribution < 1.29 is 9.90 Å². The molecule has 1 N–H and O–H groups in total.